The van der Waals surface area contributed by atoms with Gasteiger partial charge in [-0.15, -0.1) is 0 Å². The summed E-state index contributed by atoms with van der Waals surface area (Å²) in [5, 5.41) is 6.69. The van der Waals surface area contributed by atoms with Crippen molar-refractivity contribution in [2.75, 3.05) is 6.61 Å². The number of nitrogens with zero attached hydrogens (tertiary/aromatic N) is 1. The van der Waals surface area contributed by atoms with E-state index in [0.29, 0.717) is 11.5 Å². The molecule has 1 aromatic heterocycles. The minimum Gasteiger partial charge on any atom is -0.483 e. The van der Waals surface area contributed by atoms with Crippen LogP contribution in [0, 0.1) is 6.92 Å². The highest BCUT2D eigenvalue weighted by atomic mass is 79.9. The maximum Gasteiger partial charge on any atom is 0.277 e. The van der Waals surface area contributed by atoms with E-state index in [-0.39, 0.29) is 12.5 Å². The van der Waals surface area contributed by atoms with Crippen LogP contribution in [0.1, 0.15) is 11.3 Å². The molecule has 4 aromatic rings. The van der Waals surface area contributed by atoms with Gasteiger partial charge >= 0.3 is 0 Å². The summed E-state index contributed by atoms with van der Waals surface area (Å²) in [7, 11) is 0. The van der Waals surface area contributed by atoms with Crippen LogP contribution in [0.2, 0.25) is 0 Å². The van der Waals surface area contributed by atoms with Gasteiger partial charge in [-0.25, -0.2) is 5.43 Å². The molecule has 0 unspecified atom stereocenters. The fourth-order valence-electron chi connectivity index (χ4n) is 2.88. The van der Waals surface area contributed by atoms with E-state index in [0.717, 1.165) is 25.2 Å². The molecule has 0 bridgehead atoms. The zero-order valence-corrected chi connectivity index (χ0v) is 19.1. The summed E-state index contributed by atoms with van der Waals surface area (Å²) < 4.78 is 12.3. The molecule has 0 saturated heterocycles. The Morgan fingerprint density at radius 1 is 1.13 bits per heavy atom. The predicted octanol–water partition coefficient (Wildman–Crippen LogP) is 6.18. The molecule has 0 radical (unpaired) electrons. The van der Waals surface area contributed by atoms with Crippen LogP contribution < -0.4 is 10.2 Å². The molecule has 0 aliphatic heterocycles. The van der Waals surface area contributed by atoms with Crippen LogP contribution in [-0.4, -0.2) is 18.7 Å². The number of aryl methyl sites for hydroxylation is 1. The van der Waals surface area contributed by atoms with Gasteiger partial charge in [0.05, 0.1) is 10.7 Å². The fourth-order valence-corrected chi connectivity index (χ4v) is 4.21. The maximum absolute atomic E-state index is 12.1. The molecule has 0 aliphatic carbocycles. The Labute approximate surface area is 192 Å². The summed E-state index contributed by atoms with van der Waals surface area (Å²) >= 11 is 5.00. The monoisotopic (exact) mass is 494 g/mol. The minimum absolute atomic E-state index is 0.137. The molecule has 1 amide bonds. The average molecular weight is 495 g/mol. The lowest BCUT2D eigenvalue weighted by Gasteiger charge is -2.08. The standard InChI is InChI=1S/C24H19BrN2O3S/c1-16-9-11-19(12-10-16)31-24-21(25)13-18(30-24)14-26-27-23(28)15-29-22-8-4-6-17-5-2-3-7-20(17)22/h2-14H,15H2,1H3,(H,27,28)/b26-14+. The highest BCUT2D eigenvalue weighted by molar-refractivity contribution is 9.10. The highest BCUT2D eigenvalue weighted by Gasteiger charge is 2.10. The van der Waals surface area contributed by atoms with E-state index in [4.69, 9.17) is 9.15 Å². The molecule has 4 rings (SSSR count). The number of benzene rings is 3. The number of hydrogen-bond donors (Lipinski definition) is 1. The molecule has 1 N–H and O–H groups in total. The number of halogens is 1. The number of hydrazone groups is 1. The van der Waals surface area contributed by atoms with Gasteiger partial charge < -0.3 is 9.15 Å². The smallest absolute Gasteiger partial charge is 0.277 e. The van der Waals surface area contributed by atoms with Crippen LogP contribution >= 0.6 is 27.7 Å². The SMILES string of the molecule is Cc1ccc(Sc2oc(/C=N/NC(=O)COc3cccc4ccccc34)cc2Br)cc1. The van der Waals surface area contributed by atoms with Crippen molar-refractivity contribution >= 4 is 50.6 Å². The average Bonchev–Trinajstić information content (AvgIpc) is 3.12. The van der Waals surface area contributed by atoms with Gasteiger partial charge in [0.2, 0.25) is 0 Å². The van der Waals surface area contributed by atoms with Crippen molar-refractivity contribution < 1.29 is 13.9 Å². The Morgan fingerprint density at radius 2 is 1.90 bits per heavy atom. The van der Waals surface area contributed by atoms with E-state index in [1.54, 1.807) is 6.07 Å². The number of nitrogens with one attached hydrogen (secondary N) is 1. The van der Waals surface area contributed by atoms with Gasteiger partial charge in [0.25, 0.3) is 5.91 Å². The summed E-state index contributed by atoms with van der Waals surface area (Å²) in [5.41, 5.74) is 3.66. The third-order valence-corrected chi connectivity index (χ3v) is 6.24. The molecule has 0 atom stereocenters. The van der Waals surface area contributed by atoms with Crippen molar-refractivity contribution in [2.45, 2.75) is 16.9 Å². The van der Waals surface area contributed by atoms with Crippen LogP contribution in [0.25, 0.3) is 10.8 Å². The third-order valence-electron chi connectivity index (χ3n) is 4.40. The number of rotatable bonds is 7. The predicted molar refractivity (Wildman–Crippen MR) is 127 cm³/mol. The van der Waals surface area contributed by atoms with Crippen LogP contribution in [0.3, 0.4) is 0 Å². The van der Waals surface area contributed by atoms with Gasteiger partial charge in [0, 0.05) is 16.3 Å². The van der Waals surface area contributed by atoms with E-state index in [9.17, 15) is 4.79 Å². The van der Waals surface area contributed by atoms with E-state index in [2.05, 4.69) is 38.6 Å². The largest absolute Gasteiger partial charge is 0.483 e. The second-order valence-corrected chi connectivity index (χ2v) is 8.66. The van der Waals surface area contributed by atoms with Gasteiger partial charge in [-0.3, -0.25) is 4.79 Å². The number of furan rings is 1. The molecule has 1 heterocycles. The van der Waals surface area contributed by atoms with E-state index in [1.807, 2.05) is 61.5 Å². The molecule has 156 valence electrons. The lowest BCUT2D eigenvalue weighted by atomic mass is 10.1. The van der Waals surface area contributed by atoms with Crippen molar-refractivity contribution in [1.29, 1.82) is 0 Å². The molecule has 5 nitrogen and oxygen atoms in total. The molecule has 0 spiro atoms. The van der Waals surface area contributed by atoms with Gasteiger partial charge in [0.15, 0.2) is 11.7 Å². The number of carbonyl (C=O) groups excluding carboxylic acids is 1. The fraction of sp³-hybridized carbons (Fsp3) is 0.0833. The topological polar surface area (TPSA) is 63.8 Å². The zero-order chi connectivity index (χ0) is 21.6. The Hall–Kier alpha value is -3.03. The van der Waals surface area contributed by atoms with Gasteiger partial charge in [-0.05, 0) is 46.4 Å². The molecule has 31 heavy (non-hydrogen) atoms. The first-order valence-electron chi connectivity index (χ1n) is 9.55. The van der Waals surface area contributed by atoms with E-state index < -0.39 is 0 Å². The summed E-state index contributed by atoms with van der Waals surface area (Å²) in [5.74, 6) is 0.825. The molecule has 0 aliphatic rings. The van der Waals surface area contributed by atoms with Gasteiger partial charge in [-0.2, -0.15) is 5.10 Å². The number of fused-ring (bicyclic) bond motifs is 1. The highest BCUT2D eigenvalue weighted by Crippen LogP contribution is 2.35. The molecular formula is C24H19BrN2O3S. The lowest BCUT2D eigenvalue weighted by Crippen LogP contribution is -2.24. The molecule has 7 heteroatoms. The van der Waals surface area contributed by atoms with E-state index in [1.165, 1.54) is 23.5 Å². The van der Waals surface area contributed by atoms with Gasteiger partial charge in [-0.1, -0.05) is 65.9 Å². The lowest BCUT2D eigenvalue weighted by molar-refractivity contribution is -0.123. The third kappa shape index (κ3) is 5.57. The van der Waals surface area contributed by atoms with Crippen LogP contribution in [0.15, 0.2) is 96.8 Å². The molecule has 0 saturated carbocycles. The minimum atomic E-state index is -0.357. The first-order valence-corrected chi connectivity index (χ1v) is 11.2. The van der Waals surface area contributed by atoms with Crippen molar-refractivity contribution in [3.05, 3.63) is 88.6 Å². The van der Waals surface area contributed by atoms with Crippen molar-refractivity contribution in [1.82, 2.24) is 5.43 Å². The second kappa shape index (κ2) is 9.85. The van der Waals surface area contributed by atoms with Gasteiger partial charge in [0.1, 0.15) is 11.5 Å². The Balaban J connectivity index is 1.32. The summed E-state index contributed by atoms with van der Waals surface area (Å²) in [6.45, 7) is 1.91. The maximum atomic E-state index is 12.1. The quantitative estimate of drug-likeness (QED) is 0.246. The molecule has 3 aromatic carbocycles. The zero-order valence-electron chi connectivity index (χ0n) is 16.7. The number of amides is 1. The number of carbonyl (C=O) groups is 1. The van der Waals surface area contributed by atoms with Crippen LogP contribution in [-0.2, 0) is 4.79 Å². The summed E-state index contributed by atoms with van der Waals surface area (Å²) in [6, 6.07) is 23.6. The first-order chi connectivity index (χ1) is 15.1. The van der Waals surface area contributed by atoms with Crippen LogP contribution in [0.5, 0.6) is 5.75 Å². The summed E-state index contributed by atoms with van der Waals surface area (Å²) in [6.07, 6.45) is 1.46. The Kier molecular flexibility index (Phi) is 6.74. The van der Waals surface area contributed by atoms with Crippen molar-refractivity contribution in [2.24, 2.45) is 5.10 Å². The Morgan fingerprint density at radius 3 is 2.74 bits per heavy atom. The number of ether oxygens (including phenoxy) is 1. The van der Waals surface area contributed by atoms with Crippen molar-refractivity contribution in [3.63, 3.8) is 0 Å². The van der Waals surface area contributed by atoms with E-state index >= 15 is 0 Å². The summed E-state index contributed by atoms with van der Waals surface area (Å²) in [4.78, 5) is 13.2. The molecule has 0 fully saturated rings. The Bertz CT molecular complexity index is 1230. The van der Waals surface area contributed by atoms with Crippen molar-refractivity contribution in [3.8, 4) is 5.75 Å². The second-order valence-electron chi connectivity index (χ2n) is 6.76. The molecular weight excluding hydrogens is 476 g/mol. The first kappa shape index (κ1) is 21.2. The van der Waals surface area contributed by atoms with Crippen LogP contribution in [0.4, 0.5) is 0 Å². The number of hydrogen-bond acceptors (Lipinski definition) is 5. The normalized spacial score (nSPS) is 11.2.